The third-order valence-electron chi connectivity index (χ3n) is 6.70. The van der Waals surface area contributed by atoms with E-state index in [1.807, 2.05) is 12.1 Å². The lowest BCUT2D eigenvalue weighted by Gasteiger charge is -2.08. The second kappa shape index (κ2) is 23.1. The molecular weight excluding hydrogens is 420 g/mol. The molecule has 0 atom stereocenters. The normalized spacial score (nSPS) is 11.0. The zero-order valence-electron chi connectivity index (χ0n) is 22.2. The molecule has 0 aliphatic carbocycles. The standard InChI is InChI=1S/C30H54N2O2/c1-2-3-4-5-6-7-8-9-10-11-12-13-14-15-16-17-18-19-20-26-31-30(34)32-27-25-28-21-23-29(33)24-22-28/h21-24,33H,2-20,25-27H2,1H3,(H2,31,32,34). The number of phenols is 1. The zero-order valence-corrected chi connectivity index (χ0v) is 22.2. The Morgan fingerprint density at radius 2 is 0.971 bits per heavy atom. The van der Waals surface area contributed by atoms with Gasteiger partial charge in [-0.2, -0.15) is 0 Å². The molecule has 0 aromatic heterocycles. The number of phenolic OH excluding ortho intramolecular Hbond substituents is 1. The molecule has 0 saturated heterocycles. The van der Waals surface area contributed by atoms with E-state index in [1.54, 1.807) is 12.1 Å². The minimum Gasteiger partial charge on any atom is -0.508 e. The quantitative estimate of drug-likeness (QED) is 0.139. The smallest absolute Gasteiger partial charge is 0.314 e. The molecule has 0 radical (unpaired) electrons. The number of benzene rings is 1. The minimum atomic E-state index is -0.0822. The van der Waals surface area contributed by atoms with Gasteiger partial charge in [0.05, 0.1) is 0 Å². The Kier molecular flexibility index (Phi) is 20.6. The van der Waals surface area contributed by atoms with Gasteiger partial charge in [-0.25, -0.2) is 4.79 Å². The Morgan fingerprint density at radius 1 is 0.588 bits per heavy atom. The summed E-state index contributed by atoms with van der Waals surface area (Å²) in [6.07, 6.45) is 27.0. The van der Waals surface area contributed by atoms with E-state index in [1.165, 1.54) is 116 Å². The van der Waals surface area contributed by atoms with Crippen LogP contribution in [0.2, 0.25) is 0 Å². The van der Waals surface area contributed by atoms with Crippen LogP contribution in [0.4, 0.5) is 4.79 Å². The SMILES string of the molecule is CCCCCCCCCCCCCCCCCCCCCNC(=O)NCCc1ccc(O)cc1. The van der Waals surface area contributed by atoms with Crippen LogP contribution >= 0.6 is 0 Å². The van der Waals surface area contributed by atoms with Crippen molar-refractivity contribution in [2.75, 3.05) is 13.1 Å². The van der Waals surface area contributed by atoms with Crippen molar-refractivity contribution in [2.24, 2.45) is 0 Å². The molecule has 0 spiro atoms. The van der Waals surface area contributed by atoms with Gasteiger partial charge in [-0.15, -0.1) is 0 Å². The Balaban J connectivity index is 1.73. The highest BCUT2D eigenvalue weighted by atomic mass is 16.3. The van der Waals surface area contributed by atoms with E-state index >= 15 is 0 Å². The molecule has 0 bridgehead atoms. The van der Waals surface area contributed by atoms with Crippen molar-refractivity contribution in [3.63, 3.8) is 0 Å². The molecule has 0 unspecified atom stereocenters. The van der Waals surface area contributed by atoms with E-state index in [2.05, 4.69) is 17.6 Å². The first-order valence-electron chi connectivity index (χ1n) is 14.5. The van der Waals surface area contributed by atoms with Crippen LogP contribution in [0.5, 0.6) is 5.75 Å². The number of urea groups is 1. The molecule has 0 heterocycles. The van der Waals surface area contributed by atoms with Crippen molar-refractivity contribution < 1.29 is 9.90 Å². The van der Waals surface area contributed by atoms with Crippen LogP contribution in [-0.4, -0.2) is 24.2 Å². The largest absolute Gasteiger partial charge is 0.508 e. The number of aromatic hydroxyl groups is 1. The van der Waals surface area contributed by atoms with Crippen LogP contribution < -0.4 is 10.6 Å². The maximum Gasteiger partial charge on any atom is 0.314 e. The van der Waals surface area contributed by atoms with Crippen molar-refractivity contribution in [3.05, 3.63) is 29.8 Å². The maximum atomic E-state index is 11.8. The maximum absolute atomic E-state index is 11.8. The second-order valence-corrected chi connectivity index (χ2v) is 9.96. The van der Waals surface area contributed by atoms with Crippen molar-refractivity contribution >= 4 is 6.03 Å². The summed E-state index contributed by atoms with van der Waals surface area (Å²) in [5.74, 6) is 0.272. The van der Waals surface area contributed by atoms with Crippen LogP contribution in [0.1, 0.15) is 134 Å². The predicted octanol–water partition coefficient (Wildman–Crippen LogP) is 8.67. The molecule has 1 aromatic rings. The Morgan fingerprint density at radius 3 is 1.41 bits per heavy atom. The number of nitrogens with one attached hydrogen (secondary N) is 2. The average molecular weight is 475 g/mol. The number of hydrogen-bond donors (Lipinski definition) is 3. The first-order chi connectivity index (χ1) is 16.7. The highest BCUT2D eigenvalue weighted by Gasteiger charge is 2.00. The summed E-state index contributed by atoms with van der Waals surface area (Å²) in [5.41, 5.74) is 1.11. The van der Waals surface area contributed by atoms with Gasteiger partial charge in [0.2, 0.25) is 0 Å². The van der Waals surface area contributed by atoms with Gasteiger partial charge in [0, 0.05) is 13.1 Å². The third-order valence-corrected chi connectivity index (χ3v) is 6.70. The molecule has 4 nitrogen and oxygen atoms in total. The number of carbonyl (C=O) groups excluding carboxylic acids is 1. The number of unbranched alkanes of at least 4 members (excludes halogenated alkanes) is 18. The van der Waals surface area contributed by atoms with Crippen molar-refractivity contribution in [1.82, 2.24) is 10.6 Å². The zero-order chi connectivity index (χ0) is 24.5. The van der Waals surface area contributed by atoms with Crippen molar-refractivity contribution in [2.45, 2.75) is 135 Å². The fourth-order valence-electron chi connectivity index (χ4n) is 4.45. The van der Waals surface area contributed by atoms with Gasteiger partial charge in [0.25, 0.3) is 0 Å². The Hall–Kier alpha value is -1.71. The Bertz CT molecular complexity index is 574. The lowest BCUT2D eigenvalue weighted by molar-refractivity contribution is 0.241. The van der Waals surface area contributed by atoms with Crippen molar-refractivity contribution in [1.29, 1.82) is 0 Å². The number of amides is 2. The molecule has 0 fully saturated rings. The average Bonchev–Trinajstić information content (AvgIpc) is 2.84. The number of rotatable bonds is 23. The molecule has 4 heteroatoms. The summed E-state index contributed by atoms with van der Waals surface area (Å²) in [7, 11) is 0. The van der Waals surface area contributed by atoms with Crippen LogP contribution in [0.3, 0.4) is 0 Å². The molecule has 34 heavy (non-hydrogen) atoms. The summed E-state index contributed by atoms with van der Waals surface area (Å²) in [6.45, 7) is 3.65. The molecular formula is C30H54N2O2. The van der Waals surface area contributed by atoms with Crippen LogP contribution in [0.25, 0.3) is 0 Å². The third kappa shape index (κ3) is 19.7. The van der Waals surface area contributed by atoms with E-state index in [9.17, 15) is 9.90 Å². The van der Waals surface area contributed by atoms with E-state index in [-0.39, 0.29) is 11.8 Å². The van der Waals surface area contributed by atoms with Crippen LogP contribution in [-0.2, 0) is 6.42 Å². The van der Waals surface area contributed by atoms with Gasteiger partial charge in [-0.3, -0.25) is 0 Å². The molecule has 2 amide bonds. The fourth-order valence-corrected chi connectivity index (χ4v) is 4.45. The first-order valence-corrected chi connectivity index (χ1v) is 14.5. The molecule has 3 N–H and O–H groups in total. The summed E-state index contributed by atoms with van der Waals surface area (Å²) in [5, 5.41) is 15.1. The fraction of sp³-hybridized carbons (Fsp3) is 0.767. The highest BCUT2D eigenvalue weighted by Crippen LogP contribution is 2.14. The topological polar surface area (TPSA) is 61.4 Å². The minimum absolute atomic E-state index is 0.0822. The number of carbonyl (C=O) groups is 1. The van der Waals surface area contributed by atoms with E-state index in [4.69, 9.17) is 0 Å². The van der Waals surface area contributed by atoms with Crippen molar-refractivity contribution in [3.8, 4) is 5.75 Å². The van der Waals surface area contributed by atoms with E-state index in [0.717, 1.165) is 24.9 Å². The molecule has 0 aliphatic rings. The highest BCUT2D eigenvalue weighted by molar-refractivity contribution is 5.73. The van der Waals surface area contributed by atoms with E-state index < -0.39 is 0 Å². The van der Waals surface area contributed by atoms with Gasteiger partial charge < -0.3 is 15.7 Å². The molecule has 1 aromatic carbocycles. The summed E-state index contributed by atoms with van der Waals surface area (Å²) in [4.78, 5) is 11.8. The molecule has 196 valence electrons. The lowest BCUT2D eigenvalue weighted by Crippen LogP contribution is -2.37. The van der Waals surface area contributed by atoms with Crippen LogP contribution in [0, 0.1) is 0 Å². The monoisotopic (exact) mass is 474 g/mol. The molecule has 1 rings (SSSR count). The number of hydrogen-bond acceptors (Lipinski definition) is 2. The predicted molar refractivity (Wildman–Crippen MR) is 147 cm³/mol. The van der Waals surface area contributed by atoms with E-state index in [0.29, 0.717) is 6.54 Å². The summed E-state index contributed by atoms with van der Waals surface area (Å²) < 4.78 is 0. The van der Waals surface area contributed by atoms with Gasteiger partial charge in [-0.1, -0.05) is 135 Å². The summed E-state index contributed by atoms with van der Waals surface area (Å²) in [6, 6.07) is 7.03. The Labute approximate surface area is 210 Å². The second-order valence-electron chi connectivity index (χ2n) is 9.96. The molecule has 0 saturated carbocycles. The lowest BCUT2D eigenvalue weighted by atomic mass is 10.0. The molecule has 0 aliphatic heterocycles. The summed E-state index contributed by atoms with van der Waals surface area (Å²) >= 11 is 0. The first kappa shape index (κ1) is 30.3. The van der Waals surface area contributed by atoms with Gasteiger partial charge in [0.1, 0.15) is 5.75 Å². The van der Waals surface area contributed by atoms with Gasteiger partial charge in [-0.05, 0) is 30.5 Å². The van der Waals surface area contributed by atoms with Gasteiger partial charge in [0.15, 0.2) is 0 Å². The van der Waals surface area contributed by atoms with Gasteiger partial charge >= 0.3 is 6.03 Å². The van der Waals surface area contributed by atoms with Crippen LogP contribution in [0.15, 0.2) is 24.3 Å².